The van der Waals surface area contributed by atoms with E-state index in [0.29, 0.717) is 5.56 Å². The Balaban J connectivity index is 2.09. The van der Waals surface area contributed by atoms with Crippen LogP contribution in [0.4, 0.5) is 0 Å². The highest BCUT2D eigenvalue weighted by Crippen LogP contribution is 2.23. The van der Waals surface area contributed by atoms with E-state index in [2.05, 4.69) is 20.8 Å². The highest BCUT2D eigenvalue weighted by Gasteiger charge is 2.20. The van der Waals surface area contributed by atoms with Gasteiger partial charge in [-0.1, -0.05) is 51.1 Å². The lowest BCUT2D eigenvalue weighted by Crippen LogP contribution is -2.15. The van der Waals surface area contributed by atoms with Gasteiger partial charge in [-0.2, -0.15) is 0 Å². The van der Waals surface area contributed by atoms with Crippen LogP contribution in [0, 0.1) is 0 Å². The average molecular weight is 332 g/mol. The van der Waals surface area contributed by atoms with E-state index in [1.165, 1.54) is 0 Å². The number of carbonyl (C=O) groups is 1. The Kier molecular flexibility index (Phi) is 4.90. The summed E-state index contributed by atoms with van der Waals surface area (Å²) in [6.45, 7) is 6.16. The molecule has 0 bridgehead atoms. The summed E-state index contributed by atoms with van der Waals surface area (Å²) < 4.78 is 29.4. The molecule has 0 N–H and O–H groups in total. The molecule has 0 saturated carbocycles. The standard InChI is InChI=1S/C18H20O4S/c1-18(2,3)15-9-11-16(12-10-15)23(20,21)13-22-17(19)14-7-5-4-6-8-14/h4-12H,13H2,1-3H3. The third-order valence-corrected chi connectivity index (χ3v) is 4.85. The molecule has 0 unspecified atom stereocenters. The summed E-state index contributed by atoms with van der Waals surface area (Å²) in [5, 5.41) is 0. The second kappa shape index (κ2) is 6.54. The van der Waals surface area contributed by atoms with E-state index in [1.54, 1.807) is 54.6 Å². The fraction of sp³-hybridized carbons (Fsp3) is 0.278. The van der Waals surface area contributed by atoms with Crippen LogP contribution in [-0.2, 0) is 20.0 Å². The maximum atomic E-state index is 12.3. The monoisotopic (exact) mass is 332 g/mol. The summed E-state index contributed by atoms with van der Waals surface area (Å²) in [5.41, 5.74) is 1.31. The number of esters is 1. The molecule has 0 saturated heterocycles. The van der Waals surface area contributed by atoms with Crippen LogP contribution in [0.25, 0.3) is 0 Å². The number of sulfone groups is 1. The molecule has 0 heterocycles. The molecule has 0 spiro atoms. The van der Waals surface area contributed by atoms with Crippen LogP contribution < -0.4 is 0 Å². The molecule has 0 radical (unpaired) electrons. The highest BCUT2D eigenvalue weighted by atomic mass is 32.2. The van der Waals surface area contributed by atoms with Crippen LogP contribution in [0.15, 0.2) is 59.5 Å². The van der Waals surface area contributed by atoms with Gasteiger partial charge in [0, 0.05) is 0 Å². The number of hydrogen-bond donors (Lipinski definition) is 0. The maximum absolute atomic E-state index is 12.3. The van der Waals surface area contributed by atoms with E-state index < -0.39 is 21.7 Å². The van der Waals surface area contributed by atoms with Gasteiger partial charge in [-0.3, -0.25) is 0 Å². The minimum Gasteiger partial charge on any atom is -0.445 e. The van der Waals surface area contributed by atoms with Crippen LogP contribution >= 0.6 is 0 Å². The zero-order valence-electron chi connectivity index (χ0n) is 13.4. The molecule has 2 rings (SSSR count). The van der Waals surface area contributed by atoms with Gasteiger partial charge in [0.2, 0.25) is 9.84 Å². The molecule has 0 fully saturated rings. The molecular formula is C18H20O4S. The Hall–Kier alpha value is -2.14. The highest BCUT2D eigenvalue weighted by molar-refractivity contribution is 7.91. The number of hydrogen-bond acceptors (Lipinski definition) is 4. The normalized spacial score (nSPS) is 12.0. The third kappa shape index (κ3) is 4.42. The lowest BCUT2D eigenvalue weighted by molar-refractivity contribution is 0.0571. The molecule has 0 aliphatic heterocycles. The third-order valence-electron chi connectivity index (χ3n) is 3.43. The molecule has 5 heteroatoms. The first-order valence-corrected chi connectivity index (χ1v) is 8.91. The minimum atomic E-state index is -3.67. The molecule has 122 valence electrons. The Morgan fingerprint density at radius 1 is 0.957 bits per heavy atom. The van der Waals surface area contributed by atoms with Gasteiger partial charge in [-0.25, -0.2) is 13.2 Å². The van der Waals surface area contributed by atoms with E-state index in [-0.39, 0.29) is 10.3 Å². The molecule has 0 amide bonds. The van der Waals surface area contributed by atoms with Gasteiger partial charge < -0.3 is 4.74 Å². The van der Waals surface area contributed by atoms with Gasteiger partial charge >= 0.3 is 5.97 Å². The van der Waals surface area contributed by atoms with E-state index in [0.717, 1.165) is 5.56 Å². The zero-order valence-corrected chi connectivity index (χ0v) is 14.3. The van der Waals surface area contributed by atoms with Gasteiger partial charge in [-0.15, -0.1) is 0 Å². The van der Waals surface area contributed by atoms with Crippen molar-refractivity contribution in [3.05, 3.63) is 65.7 Å². The van der Waals surface area contributed by atoms with E-state index in [1.807, 2.05) is 0 Å². The average Bonchev–Trinajstić information content (AvgIpc) is 2.53. The quantitative estimate of drug-likeness (QED) is 0.803. The van der Waals surface area contributed by atoms with Crippen molar-refractivity contribution in [1.29, 1.82) is 0 Å². The predicted molar refractivity (Wildman–Crippen MR) is 89.1 cm³/mol. The van der Waals surface area contributed by atoms with Crippen molar-refractivity contribution in [2.24, 2.45) is 0 Å². The van der Waals surface area contributed by atoms with Crippen molar-refractivity contribution in [3.63, 3.8) is 0 Å². The minimum absolute atomic E-state index is 0.0535. The summed E-state index contributed by atoms with van der Waals surface area (Å²) in [6, 6.07) is 15.0. The number of ether oxygens (including phenoxy) is 1. The van der Waals surface area contributed by atoms with Gasteiger partial charge in [-0.05, 0) is 35.2 Å². The SMILES string of the molecule is CC(C)(C)c1ccc(S(=O)(=O)COC(=O)c2ccccc2)cc1. The first-order chi connectivity index (χ1) is 10.7. The van der Waals surface area contributed by atoms with Crippen LogP contribution in [0.3, 0.4) is 0 Å². The van der Waals surface area contributed by atoms with Crippen molar-refractivity contribution in [2.75, 3.05) is 5.94 Å². The Labute approximate surface area is 137 Å². The molecular weight excluding hydrogens is 312 g/mol. The second-order valence-corrected chi connectivity index (χ2v) is 8.24. The molecule has 0 aliphatic rings. The molecule has 2 aromatic carbocycles. The van der Waals surface area contributed by atoms with E-state index >= 15 is 0 Å². The lowest BCUT2D eigenvalue weighted by Gasteiger charge is -2.19. The largest absolute Gasteiger partial charge is 0.445 e. The number of benzene rings is 2. The van der Waals surface area contributed by atoms with Gasteiger partial charge in [0.25, 0.3) is 0 Å². The smallest absolute Gasteiger partial charge is 0.339 e. The maximum Gasteiger partial charge on any atom is 0.339 e. The fourth-order valence-corrected chi connectivity index (χ4v) is 2.97. The zero-order chi connectivity index (χ0) is 17.1. The molecule has 23 heavy (non-hydrogen) atoms. The van der Waals surface area contributed by atoms with Crippen molar-refractivity contribution in [1.82, 2.24) is 0 Å². The Morgan fingerprint density at radius 3 is 2.04 bits per heavy atom. The topological polar surface area (TPSA) is 60.4 Å². The second-order valence-electron chi connectivity index (χ2n) is 6.30. The van der Waals surface area contributed by atoms with Crippen molar-refractivity contribution >= 4 is 15.8 Å². The first kappa shape index (κ1) is 17.2. The summed E-state index contributed by atoms with van der Waals surface area (Å²) in [4.78, 5) is 12.0. The first-order valence-electron chi connectivity index (χ1n) is 7.26. The number of carbonyl (C=O) groups excluding carboxylic acids is 1. The molecule has 0 aliphatic carbocycles. The van der Waals surface area contributed by atoms with Gasteiger partial charge in [0.05, 0.1) is 10.5 Å². The number of rotatable bonds is 4. The molecule has 4 nitrogen and oxygen atoms in total. The van der Waals surface area contributed by atoms with Crippen molar-refractivity contribution < 1.29 is 17.9 Å². The predicted octanol–water partition coefficient (Wildman–Crippen LogP) is 3.57. The van der Waals surface area contributed by atoms with Crippen molar-refractivity contribution in [2.45, 2.75) is 31.1 Å². The summed E-state index contributed by atoms with van der Waals surface area (Å²) in [6.07, 6.45) is 0. The van der Waals surface area contributed by atoms with Gasteiger partial charge in [0.15, 0.2) is 5.94 Å². The van der Waals surface area contributed by atoms with Gasteiger partial charge in [0.1, 0.15) is 0 Å². The van der Waals surface area contributed by atoms with Crippen LogP contribution in [0.1, 0.15) is 36.7 Å². The Bertz CT molecular complexity index is 770. The van der Waals surface area contributed by atoms with Crippen molar-refractivity contribution in [3.8, 4) is 0 Å². The summed E-state index contributed by atoms with van der Waals surface area (Å²) in [7, 11) is -3.67. The van der Waals surface area contributed by atoms with Crippen LogP contribution in [0.2, 0.25) is 0 Å². The lowest BCUT2D eigenvalue weighted by atomic mass is 9.87. The fourth-order valence-electron chi connectivity index (χ4n) is 2.02. The molecule has 0 aromatic heterocycles. The van der Waals surface area contributed by atoms with Crippen LogP contribution in [0.5, 0.6) is 0 Å². The summed E-state index contributed by atoms with van der Waals surface area (Å²) in [5.74, 6) is -1.32. The van der Waals surface area contributed by atoms with Crippen LogP contribution in [-0.4, -0.2) is 20.3 Å². The Morgan fingerprint density at radius 2 is 1.52 bits per heavy atom. The molecule has 2 aromatic rings. The summed E-state index contributed by atoms with van der Waals surface area (Å²) >= 11 is 0. The van der Waals surface area contributed by atoms with E-state index in [9.17, 15) is 13.2 Å². The van der Waals surface area contributed by atoms with E-state index in [4.69, 9.17) is 4.74 Å². The molecule has 0 atom stereocenters.